The summed E-state index contributed by atoms with van der Waals surface area (Å²) in [6, 6.07) is -0.212. The van der Waals surface area contributed by atoms with Gasteiger partial charge in [-0.05, 0) is 19.8 Å². The summed E-state index contributed by atoms with van der Waals surface area (Å²) in [5, 5.41) is 6.01. The van der Waals surface area contributed by atoms with Crippen molar-refractivity contribution in [3.05, 3.63) is 0 Å². The number of nitrogens with zero attached hydrogens (tertiary/aromatic N) is 2. The summed E-state index contributed by atoms with van der Waals surface area (Å²) >= 11 is 0. The molecule has 0 atom stereocenters. The van der Waals surface area contributed by atoms with E-state index in [4.69, 9.17) is 0 Å². The molecule has 0 aromatic carbocycles. The lowest BCUT2D eigenvalue weighted by molar-refractivity contribution is -0.140. The Morgan fingerprint density at radius 3 is 2.40 bits per heavy atom. The average molecular weight is 388 g/mol. The van der Waals surface area contributed by atoms with Crippen molar-refractivity contribution >= 4 is 22.0 Å². The van der Waals surface area contributed by atoms with E-state index in [1.54, 1.807) is 0 Å². The van der Waals surface area contributed by atoms with Gasteiger partial charge >= 0.3 is 21.5 Å². The lowest BCUT2D eigenvalue weighted by atomic mass is 10.1. The number of piperidine rings is 1. The molecule has 25 heavy (non-hydrogen) atoms. The third kappa shape index (κ3) is 6.34. The van der Waals surface area contributed by atoms with E-state index in [0.717, 1.165) is 0 Å². The minimum Gasteiger partial charge on any atom is -0.469 e. The van der Waals surface area contributed by atoms with Crippen molar-refractivity contribution in [1.29, 1.82) is 0 Å². The van der Waals surface area contributed by atoms with Crippen LogP contribution in [0.1, 0.15) is 26.2 Å². The van der Waals surface area contributed by atoms with E-state index in [9.17, 15) is 26.4 Å². The highest BCUT2D eigenvalue weighted by atomic mass is 32.2. The predicted molar refractivity (Wildman–Crippen MR) is 85.3 cm³/mol. The van der Waals surface area contributed by atoms with E-state index in [1.807, 2.05) is 6.92 Å². The summed E-state index contributed by atoms with van der Waals surface area (Å²) < 4.78 is 65.3. The van der Waals surface area contributed by atoms with Gasteiger partial charge in [-0.1, -0.05) is 0 Å². The molecule has 12 heteroatoms. The van der Waals surface area contributed by atoms with Gasteiger partial charge in [0.05, 0.1) is 20.1 Å². The minimum absolute atomic E-state index is 0.106. The van der Waals surface area contributed by atoms with E-state index < -0.39 is 21.5 Å². The number of aliphatic imine (C=N–C) groups is 1. The molecule has 0 saturated carbocycles. The minimum atomic E-state index is -5.28. The second kappa shape index (κ2) is 9.22. The molecule has 0 aromatic rings. The molecule has 1 aliphatic heterocycles. The Kier molecular flexibility index (Phi) is 7.93. The molecule has 0 aliphatic carbocycles. The normalized spacial score (nSPS) is 18.0. The van der Waals surface area contributed by atoms with Crippen LogP contribution in [0.25, 0.3) is 0 Å². The number of hydrogen-bond acceptors (Lipinski definition) is 5. The number of guanidine groups is 1. The van der Waals surface area contributed by atoms with Gasteiger partial charge in [-0.2, -0.15) is 17.5 Å². The molecular formula is C13H23F3N4O4S. The lowest BCUT2D eigenvalue weighted by Gasteiger charge is -2.32. The number of ether oxygens (including phenoxy) is 1. The molecule has 146 valence electrons. The van der Waals surface area contributed by atoms with Gasteiger partial charge in [0.15, 0.2) is 5.96 Å². The molecule has 0 bridgehead atoms. The van der Waals surface area contributed by atoms with Crippen molar-refractivity contribution in [2.75, 3.05) is 33.3 Å². The van der Waals surface area contributed by atoms with Crippen molar-refractivity contribution < 1.29 is 31.1 Å². The Morgan fingerprint density at radius 1 is 1.32 bits per heavy atom. The highest BCUT2D eigenvalue weighted by Gasteiger charge is 2.50. The molecule has 0 radical (unpaired) electrons. The zero-order valence-corrected chi connectivity index (χ0v) is 14.9. The number of alkyl halides is 3. The Hall–Kier alpha value is -1.56. The molecule has 1 heterocycles. The van der Waals surface area contributed by atoms with E-state index >= 15 is 0 Å². The highest BCUT2D eigenvalue weighted by molar-refractivity contribution is 7.90. The van der Waals surface area contributed by atoms with Gasteiger partial charge in [0.25, 0.3) is 0 Å². The summed E-state index contributed by atoms with van der Waals surface area (Å²) in [4.78, 5) is 15.2. The summed E-state index contributed by atoms with van der Waals surface area (Å²) in [6.45, 7) is 2.16. The maximum atomic E-state index is 12.5. The number of carbonyl (C=O) groups is 1. The van der Waals surface area contributed by atoms with Crippen LogP contribution in [0.15, 0.2) is 4.99 Å². The quantitative estimate of drug-likeness (QED) is 0.389. The van der Waals surface area contributed by atoms with E-state index in [0.29, 0.717) is 16.8 Å². The van der Waals surface area contributed by atoms with Gasteiger partial charge in [-0.3, -0.25) is 9.79 Å². The molecule has 1 fully saturated rings. The number of sulfonamides is 1. The number of esters is 1. The van der Waals surface area contributed by atoms with Gasteiger partial charge in [0.2, 0.25) is 0 Å². The van der Waals surface area contributed by atoms with E-state index in [1.165, 1.54) is 7.11 Å². The molecule has 1 saturated heterocycles. The average Bonchev–Trinajstić information content (AvgIpc) is 2.54. The molecule has 8 nitrogen and oxygen atoms in total. The Labute approximate surface area is 144 Å². The van der Waals surface area contributed by atoms with Crippen LogP contribution in [0.5, 0.6) is 0 Å². The number of hydrogen-bond donors (Lipinski definition) is 2. The van der Waals surface area contributed by atoms with Crippen LogP contribution in [0.3, 0.4) is 0 Å². The Balaban J connectivity index is 2.57. The molecule has 1 aliphatic rings. The molecular weight excluding hydrogens is 365 g/mol. The SMILES string of the molecule is CCNC(=NCCC(=O)OC)NC1CCN(S(=O)(=O)C(F)(F)F)CC1. The van der Waals surface area contributed by atoms with Crippen LogP contribution < -0.4 is 10.6 Å². The zero-order valence-electron chi connectivity index (χ0n) is 14.1. The first kappa shape index (κ1) is 21.5. The first-order chi connectivity index (χ1) is 11.6. The first-order valence-corrected chi connectivity index (χ1v) is 9.24. The number of methoxy groups -OCH3 is 1. The standard InChI is InChI=1S/C13H23F3N4O4S/c1-3-17-12(18-7-4-11(21)24-2)19-10-5-8-20(9-6-10)25(22,23)13(14,15)16/h10H,3-9H2,1-2H3,(H2,17,18,19). The second-order valence-corrected chi connectivity index (χ2v) is 7.28. The second-order valence-electron chi connectivity index (χ2n) is 5.36. The topological polar surface area (TPSA) is 100 Å². The monoisotopic (exact) mass is 388 g/mol. The predicted octanol–water partition coefficient (Wildman–Crippen LogP) is 0.419. The van der Waals surface area contributed by atoms with E-state index in [-0.39, 0.29) is 44.9 Å². The van der Waals surface area contributed by atoms with Crippen molar-refractivity contribution in [3.8, 4) is 0 Å². The molecule has 0 amide bonds. The third-order valence-electron chi connectivity index (χ3n) is 3.58. The van der Waals surface area contributed by atoms with Gasteiger partial charge in [0.1, 0.15) is 0 Å². The van der Waals surface area contributed by atoms with Crippen LogP contribution in [0.4, 0.5) is 13.2 Å². The maximum absolute atomic E-state index is 12.5. The summed E-state index contributed by atoms with van der Waals surface area (Å²) in [5.74, 6) is 0.0220. The highest BCUT2D eigenvalue weighted by Crippen LogP contribution is 2.28. The zero-order chi connectivity index (χ0) is 19.1. The van der Waals surface area contributed by atoms with Gasteiger partial charge in [-0.25, -0.2) is 8.42 Å². The van der Waals surface area contributed by atoms with Gasteiger partial charge in [-0.15, -0.1) is 0 Å². The maximum Gasteiger partial charge on any atom is 0.511 e. The van der Waals surface area contributed by atoms with Crippen molar-refractivity contribution in [1.82, 2.24) is 14.9 Å². The Morgan fingerprint density at radius 2 is 1.92 bits per heavy atom. The van der Waals surface area contributed by atoms with Crippen LogP contribution in [0.2, 0.25) is 0 Å². The smallest absolute Gasteiger partial charge is 0.469 e. The number of nitrogens with one attached hydrogen (secondary N) is 2. The summed E-state index contributed by atoms with van der Waals surface area (Å²) in [7, 11) is -4.00. The van der Waals surface area contributed by atoms with Crippen LogP contribution >= 0.6 is 0 Å². The van der Waals surface area contributed by atoms with Crippen LogP contribution in [0, 0.1) is 0 Å². The third-order valence-corrected chi connectivity index (χ3v) is 5.21. The Bertz CT molecular complexity index is 572. The summed E-state index contributed by atoms with van der Waals surface area (Å²) in [5.41, 5.74) is -5.28. The fourth-order valence-electron chi connectivity index (χ4n) is 2.26. The number of halogens is 3. The molecule has 0 spiro atoms. The lowest BCUT2D eigenvalue weighted by Crippen LogP contribution is -2.51. The molecule has 0 aromatic heterocycles. The fourth-order valence-corrected chi connectivity index (χ4v) is 3.25. The van der Waals surface area contributed by atoms with Gasteiger partial charge in [0, 0.05) is 25.7 Å². The summed E-state index contributed by atoms with van der Waals surface area (Å²) in [6.07, 6.45) is 0.544. The molecule has 1 rings (SSSR count). The van der Waals surface area contributed by atoms with Crippen molar-refractivity contribution in [2.45, 2.75) is 37.7 Å². The first-order valence-electron chi connectivity index (χ1n) is 7.80. The largest absolute Gasteiger partial charge is 0.511 e. The number of rotatable bonds is 6. The molecule has 2 N–H and O–H groups in total. The van der Waals surface area contributed by atoms with Crippen LogP contribution in [-0.2, 0) is 19.6 Å². The van der Waals surface area contributed by atoms with Crippen molar-refractivity contribution in [2.24, 2.45) is 4.99 Å². The van der Waals surface area contributed by atoms with Crippen molar-refractivity contribution in [3.63, 3.8) is 0 Å². The number of carbonyl (C=O) groups excluding carboxylic acids is 1. The van der Waals surface area contributed by atoms with Crippen LogP contribution in [-0.4, -0.2) is 69.5 Å². The van der Waals surface area contributed by atoms with Gasteiger partial charge < -0.3 is 15.4 Å². The van der Waals surface area contributed by atoms with E-state index in [2.05, 4.69) is 20.4 Å². The molecule has 0 unspecified atom stereocenters. The fraction of sp³-hybridized carbons (Fsp3) is 0.846.